The van der Waals surface area contributed by atoms with Gasteiger partial charge in [0.05, 0.1) is 12.3 Å². The average Bonchev–Trinajstić information content (AvgIpc) is 3.33. The van der Waals surface area contributed by atoms with Crippen molar-refractivity contribution in [1.29, 1.82) is 0 Å². The minimum absolute atomic E-state index is 0.0524. The van der Waals surface area contributed by atoms with Crippen LogP contribution in [-0.4, -0.2) is 58.0 Å². The Hall–Kier alpha value is -2.18. The second kappa shape index (κ2) is 8.78. The molecule has 0 bridgehead atoms. The van der Waals surface area contributed by atoms with Gasteiger partial charge in [-0.25, -0.2) is 4.68 Å². The lowest BCUT2D eigenvalue weighted by Crippen LogP contribution is -2.33. The Labute approximate surface area is 148 Å². The first-order chi connectivity index (χ1) is 12.3. The van der Waals surface area contributed by atoms with Crippen molar-refractivity contribution in [2.75, 3.05) is 26.2 Å². The maximum atomic E-state index is 12.3. The number of aliphatic hydroxyl groups excluding tert-OH is 1. The van der Waals surface area contributed by atoms with Crippen molar-refractivity contribution < 1.29 is 9.90 Å². The van der Waals surface area contributed by atoms with E-state index in [1.807, 2.05) is 36.5 Å². The molecule has 1 fully saturated rings. The highest BCUT2D eigenvalue weighted by Crippen LogP contribution is 2.16. The Kier molecular flexibility index (Phi) is 6.19. The summed E-state index contributed by atoms with van der Waals surface area (Å²) < 4.78 is 1.74. The van der Waals surface area contributed by atoms with Crippen LogP contribution in [0.25, 0.3) is 5.69 Å². The molecule has 0 radical (unpaired) electrons. The molecule has 1 aromatic carbocycles. The first-order valence-corrected chi connectivity index (χ1v) is 9.01. The molecule has 1 aromatic heterocycles. The Balaban J connectivity index is 1.41. The van der Waals surface area contributed by atoms with E-state index < -0.39 is 0 Å². The second-order valence-electron chi connectivity index (χ2n) is 6.48. The molecule has 2 aromatic rings. The molecular weight excluding hydrogens is 316 g/mol. The molecule has 1 aliphatic rings. The van der Waals surface area contributed by atoms with Crippen molar-refractivity contribution in [3.63, 3.8) is 0 Å². The standard InChI is InChI=1S/C19H26N4O2/c24-15-18-8-4-12-22(18)11-2-1-9-20-19(25)16-6-3-7-17(14-16)23-13-5-10-21-23/h3,5-7,10,13-14,18,24H,1-2,4,8-9,11-12,15H2,(H,20,25). The molecule has 1 unspecified atom stereocenters. The molecular formula is C19H26N4O2. The van der Waals surface area contributed by atoms with Crippen LogP contribution >= 0.6 is 0 Å². The van der Waals surface area contributed by atoms with E-state index in [-0.39, 0.29) is 12.5 Å². The first kappa shape index (κ1) is 17.6. The minimum atomic E-state index is -0.0524. The number of unbranched alkanes of at least 4 members (excludes halogenated alkanes) is 1. The minimum Gasteiger partial charge on any atom is -0.395 e. The average molecular weight is 342 g/mol. The van der Waals surface area contributed by atoms with E-state index in [0.717, 1.165) is 38.0 Å². The smallest absolute Gasteiger partial charge is 0.251 e. The predicted molar refractivity (Wildman–Crippen MR) is 96.8 cm³/mol. The van der Waals surface area contributed by atoms with Crippen LogP contribution in [0, 0.1) is 0 Å². The van der Waals surface area contributed by atoms with Crippen LogP contribution < -0.4 is 5.32 Å². The summed E-state index contributed by atoms with van der Waals surface area (Å²) in [6.07, 6.45) is 7.82. The van der Waals surface area contributed by atoms with Crippen LogP contribution in [0.15, 0.2) is 42.7 Å². The fraction of sp³-hybridized carbons (Fsp3) is 0.474. The third-order valence-corrected chi connectivity index (χ3v) is 4.74. The molecule has 0 spiro atoms. The van der Waals surface area contributed by atoms with Gasteiger partial charge in [-0.15, -0.1) is 0 Å². The van der Waals surface area contributed by atoms with E-state index in [1.54, 1.807) is 10.9 Å². The number of aliphatic hydroxyl groups is 1. The lowest BCUT2D eigenvalue weighted by atomic mass is 10.2. The number of aromatic nitrogens is 2. The van der Waals surface area contributed by atoms with Gasteiger partial charge in [0.2, 0.25) is 0 Å². The number of amides is 1. The third-order valence-electron chi connectivity index (χ3n) is 4.74. The number of carbonyl (C=O) groups excluding carboxylic acids is 1. The topological polar surface area (TPSA) is 70.4 Å². The third kappa shape index (κ3) is 4.67. The number of nitrogens with one attached hydrogen (secondary N) is 1. The molecule has 2 heterocycles. The number of benzene rings is 1. The van der Waals surface area contributed by atoms with Crippen molar-refractivity contribution in [3.05, 3.63) is 48.3 Å². The molecule has 1 amide bonds. The Morgan fingerprint density at radius 3 is 3.04 bits per heavy atom. The van der Waals surface area contributed by atoms with Gasteiger partial charge in [0.25, 0.3) is 5.91 Å². The molecule has 6 nitrogen and oxygen atoms in total. The van der Waals surface area contributed by atoms with Crippen LogP contribution in [0.1, 0.15) is 36.0 Å². The summed E-state index contributed by atoms with van der Waals surface area (Å²) in [6, 6.07) is 9.65. The normalized spacial score (nSPS) is 17.7. The molecule has 2 N–H and O–H groups in total. The van der Waals surface area contributed by atoms with Crippen molar-refractivity contribution in [3.8, 4) is 5.69 Å². The van der Waals surface area contributed by atoms with Crippen molar-refractivity contribution in [2.45, 2.75) is 31.7 Å². The number of nitrogens with zero attached hydrogens (tertiary/aromatic N) is 3. The maximum absolute atomic E-state index is 12.3. The Bertz CT molecular complexity index is 672. The summed E-state index contributed by atoms with van der Waals surface area (Å²) in [7, 11) is 0. The summed E-state index contributed by atoms with van der Waals surface area (Å²) in [6.45, 7) is 3.00. The Morgan fingerprint density at radius 2 is 2.24 bits per heavy atom. The monoisotopic (exact) mass is 342 g/mol. The highest BCUT2D eigenvalue weighted by molar-refractivity contribution is 5.94. The van der Waals surface area contributed by atoms with Crippen LogP contribution in [0.3, 0.4) is 0 Å². The van der Waals surface area contributed by atoms with Crippen molar-refractivity contribution in [1.82, 2.24) is 20.0 Å². The molecule has 1 atom stereocenters. The van der Waals surface area contributed by atoms with E-state index in [9.17, 15) is 9.90 Å². The molecule has 3 rings (SSSR count). The van der Waals surface area contributed by atoms with Crippen LogP contribution in [0.2, 0.25) is 0 Å². The fourth-order valence-electron chi connectivity index (χ4n) is 3.35. The zero-order chi connectivity index (χ0) is 17.5. The van der Waals surface area contributed by atoms with Gasteiger partial charge in [0.1, 0.15) is 0 Å². The summed E-state index contributed by atoms with van der Waals surface area (Å²) in [5.41, 5.74) is 1.52. The lowest BCUT2D eigenvalue weighted by Gasteiger charge is -2.22. The van der Waals surface area contributed by atoms with Gasteiger partial charge in [0, 0.05) is 30.5 Å². The molecule has 25 heavy (non-hydrogen) atoms. The molecule has 1 aliphatic heterocycles. The SMILES string of the molecule is O=C(NCCCCN1CCCC1CO)c1cccc(-n2cccn2)c1. The number of hydrogen-bond acceptors (Lipinski definition) is 4. The first-order valence-electron chi connectivity index (χ1n) is 9.01. The summed E-state index contributed by atoms with van der Waals surface area (Å²) in [5, 5.41) is 16.5. The van der Waals surface area contributed by atoms with Gasteiger partial charge in [-0.05, 0) is 63.0 Å². The summed E-state index contributed by atoms with van der Waals surface area (Å²) in [4.78, 5) is 14.7. The van der Waals surface area contributed by atoms with Crippen LogP contribution in [0.5, 0.6) is 0 Å². The van der Waals surface area contributed by atoms with Gasteiger partial charge < -0.3 is 10.4 Å². The zero-order valence-electron chi connectivity index (χ0n) is 14.5. The van der Waals surface area contributed by atoms with E-state index in [4.69, 9.17) is 0 Å². The summed E-state index contributed by atoms with van der Waals surface area (Å²) in [5.74, 6) is -0.0524. The van der Waals surface area contributed by atoms with Gasteiger partial charge in [-0.3, -0.25) is 9.69 Å². The van der Waals surface area contributed by atoms with E-state index in [2.05, 4.69) is 15.3 Å². The molecule has 0 aliphatic carbocycles. The van der Waals surface area contributed by atoms with Crippen molar-refractivity contribution >= 4 is 5.91 Å². The van der Waals surface area contributed by atoms with Gasteiger partial charge in [-0.2, -0.15) is 5.10 Å². The van der Waals surface area contributed by atoms with E-state index in [1.165, 1.54) is 6.42 Å². The molecule has 1 saturated heterocycles. The van der Waals surface area contributed by atoms with E-state index >= 15 is 0 Å². The lowest BCUT2D eigenvalue weighted by molar-refractivity contribution is 0.0952. The highest BCUT2D eigenvalue weighted by atomic mass is 16.3. The Morgan fingerprint density at radius 1 is 1.32 bits per heavy atom. The van der Waals surface area contributed by atoms with E-state index in [0.29, 0.717) is 18.2 Å². The molecule has 134 valence electrons. The number of hydrogen-bond donors (Lipinski definition) is 2. The fourth-order valence-corrected chi connectivity index (χ4v) is 3.35. The van der Waals surface area contributed by atoms with Gasteiger partial charge in [0.15, 0.2) is 0 Å². The van der Waals surface area contributed by atoms with Crippen molar-refractivity contribution in [2.24, 2.45) is 0 Å². The predicted octanol–water partition coefficient (Wildman–Crippen LogP) is 1.84. The van der Waals surface area contributed by atoms with Gasteiger partial charge >= 0.3 is 0 Å². The largest absolute Gasteiger partial charge is 0.395 e. The molecule has 0 saturated carbocycles. The number of carbonyl (C=O) groups is 1. The van der Waals surface area contributed by atoms with Crippen LogP contribution in [0.4, 0.5) is 0 Å². The zero-order valence-corrected chi connectivity index (χ0v) is 14.5. The number of rotatable bonds is 8. The second-order valence-corrected chi connectivity index (χ2v) is 6.48. The maximum Gasteiger partial charge on any atom is 0.251 e. The quantitative estimate of drug-likeness (QED) is 0.718. The number of likely N-dealkylation sites (tertiary alicyclic amines) is 1. The van der Waals surface area contributed by atoms with Crippen LogP contribution in [-0.2, 0) is 0 Å². The highest BCUT2D eigenvalue weighted by Gasteiger charge is 2.22. The molecule has 6 heteroatoms. The summed E-state index contributed by atoms with van der Waals surface area (Å²) >= 11 is 0. The van der Waals surface area contributed by atoms with Gasteiger partial charge in [-0.1, -0.05) is 6.07 Å².